The summed E-state index contributed by atoms with van der Waals surface area (Å²) in [4.78, 5) is 0. The number of rotatable bonds is 4. The summed E-state index contributed by atoms with van der Waals surface area (Å²) < 4.78 is 52.8. The largest absolute Gasteiger partial charge is 0.496 e. The fourth-order valence-electron chi connectivity index (χ4n) is 1.50. The van der Waals surface area contributed by atoms with Crippen molar-refractivity contribution in [1.29, 1.82) is 0 Å². The number of halogens is 4. The summed E-state index contributed by atoms with van der Waals surface area (Å²) in [6.07, 6.45) is -4.59. The minimum Gasteiger partial charge on any atom is -0.496 e. The van der Waals surface area contributed by atoms with Crippen molar-refractivity contribution in [1.82, 2.24) is 0 Å². The lowest BCUT2D eigenvalue weighted by molar-refractivity contribution is -0.149. The lowest BCUT2D eigenvalue weighted by Crippen LogP contribution is -2.29. The zero-order valence-corrected chi connectivity index (χ0v) is 11.4. The third-order valence-electron chi connectivity index (χ3n) is 2.42. The van der Waals surface area contributed by atoms with Crippen molar-refractivity contribution < 1.29 is 27.4 Å². The maximum Gasteiger partial charge on any atom is 0.407 e. The first-order valence-corrected chi connectivity index (χ1v) is 4.97. The average molecular weight is 302 g/mol. The van der Waals surface area contributed by atoms with Crippen molar-refractivity contribution in [2.75, 3.05) is 21.3 Å². The fraction of sp³-hybridized carbons (Fsp3) is 0.455. The third-order valence-corrected chi connectivity index (χ3v) is 2.42. The van der Waals surface area contributed by atoms with E-state index >= 15 is 0 Å². The van der Waals surface area contributed by atoms with Gasteiger partial charge in [0, 0.05) is 12.1 Å². The summed E-state index contributed by atoms with van der Waals surface area (Å²) in [7, 11) is 3.89. The number of hydrogen-bond donors (Lipinski definition) is 1. The van der Waals surface area contributed by atoms with Crippen molar-refractivity contribution in [2.24, 2.45) is 5.73 Å². The Labute approximate surface area is 115 Å². The van der Waals surface area contributed by atoms with Crippen LogP contribution in [0.1, 0.15) is 11.6 Å². The summed E-state index contributed by atoms with van der Waals surface area (Å²) in [6.45, 7) is 0. The highest BCUT2D eigenvalue weighted by Gasteiger charge is 2.41. The topological polar surface area (TPSA) is 53.7 Å². The summed E-state index contributed by atoms with van der Waals surface area (Å²) in [5, 5.41) is 0. The summed E-state index contributed by atoms with van der Waals surface area (Å²) in [5.74, 6) is 0.258. The maximum atomic E-state index is 12.7. The molecule has 0 aromatic heterocycles. The van der Waals surface area contributed by atoms with Gasteiger partial charge in [-0.05, 0) is 0 Å². The van der Waals surface area contributed by atoms with Crippen LogP contribution in [-0.4, -0.2) is 27.5 Å². The molecule has 1 aromatic carbocycles. The standard InChI is InChI=1S/C11H14F3NO3.ClH/c1-16-6-4-7(17-2)9(8(5-6)18-3)10(15)11(12,13)14;/h4-5,10H,15H2,1-3H3;1H/t10-;/m1./s1. The highest BCUT2D eigenvalue weighted by Crippen LogP contribution is 2.43. The van der Waals surface area contributed by atoms with Gasteiger partial charge >= 0.3 is 6.18 Å². The number of benzene rings is 1. The van der Waals surface area contributed by atoms with E-state index in [4.69, 9.17) is 19.9 Å². The first-order valence-electron chi connectivity index (χ1n) is 4.97. The van der Waals surface area contributed by atoms with Crippen LogP contribution < -0.4 is 19.9 Å². The van der Waals surface area contributed by atoms with Gasteiger partial charge < -0.3 is 19.9 Å². The predicted molar refractivity (Wildman–Crippen MR) is 66.3 cm³/mol. The van der Waals surface area contributed by atoms with E-state index in [-0.39, 0.29) is 29.5 Å². The molecule has 0 radical (unpaired) electrons. The van der Waals surface area contributed by atoms with Gasteiger partial charge in [-0.2, -0.15) is 13.2 Å². The molecule has 0 fully saturated rings. The van der Waals surface area contributed by atoms with E-state index in [1.54, 1.807) is 0 Å². The Morgan fingerprint density at radius 2 is 1.42 bits per heavy atom. The van der Waals surface area contributed by atoms with Crippen molar-refractivity contribution in [3.05, 3.63) is 17.7 Å². The monoisotopic (exact) mass is 301 g/mol. The van der Waals surface area contributed by atoms with E-state index in [9.17, 15) is 13.2 Å². The normalized spacial score (nSPS) is 12.4. The molecule has 110 valence electrons. The zero-order chi connectivity index (χ0) is 13.9. The smallest absolute Gasteiger partial charge is 0.407 e. The van der Waals surface area contributed by atoms with Gasteiger partial charge in [-0.1, -0.05) is 0 Å². The minimum absolute atomic E-state index is 0. The van der Waals surface area contributed by atoms with Crippen molar-refractivity contribution >= 4 is 12.4 Å². The highest BCUT2D eigenvalue weighted by atomic mass is 35.5. The van der Waals surface area contributed by atoms with E-state index < -0.39 is 12.2 Å². The molecule has 0 saturated carbocycles. The number of ether oxygens (including phenoxy) is 3. The predicted octanol–water partition coefficient (Wildman–Crippen LogP) is 2.70. The van der Waals surface area contributed by atoms with Gasteiger partial charge in [0.05, 0.1) is 26.9 Å². The molecule has 0 unspecified atom stereocenters. The molecule has 0 heterocycles. The second kappa shape index (κ2) is 6.72. The van der Waals surface area contributed by atoms with Crippen LogP contribution in [-0.2, 0) is 0 Å². The number of hydrogen-bond acceptors (Lipinski definition) is 4. The van der Waals surface area contributed by atoms with Crippen LogP contribution in [0.3, 0.4) is 0 Å². The first-order chi connectivity index (χ1) is 8.35. The molecule has 1 rings (SSSR count). The molecule has 2 N–H and O–H groups in total. The lowest BCUT2D eigenvalue weighted by atomic mass is 10.0. The summed E-state index contributed by atoms with van der Waals surface area (Å²) >= 11 is 0. The van der Waals surface area contributed by atoms with Crippen molar-refractivity contribution in [3.8, 4) is 17.2 Å². The Morgan fingerprint density at radius 3 is 1.68 bits per heavy atom. The lowest BCUT2D eigenvalue weighted by Gasteiger charge is -2.21. The number of nitrogens with two attached hydrogens (primary N) is 1. The van der Waals surface area contributed by atoms with Crippen LogP contribution in [0.4, 0.5) is 13.2 Å². The van der Waals surface area contributed by atoms with Crippen molar-refractivity contribution in [3.63, 3.8) is 0 Å². The molecule has 1 aromatic rings. The third kappa shape index (κ3) is 3.81. The summed E-state index contributed by atoms with van der Waals surface area (Å²) in [6, 6.07) is 0.459. The molecule has 8 heteroatoms. The molecule has 19 heavy (non-hydrogen) atoms. The second-order valence-electron chi connectivity index (χ2n) is 3.46. The number of methoxy groups -OCH3 is 3. The molecule has 0 aliphatic rings. The first kappa shape index (κ1) is 17.7. The fourth-order valence-corrected chi connectivity index (χ4v) is 1.50. The molecule has 0 saturated heterocycles. The Kier molecular flexibility index (Phi) is 6.24. The van der Waals surface area contributed by atoms with Gasteiger partial charge in [0.1, 0.15) is 23.3 Å². The van der Waals surface area contributed by atoms with Crippen LogP contribution in [0.15, 0.2) is 12.1 Å². The number of alkyl halides is 3. The van der Waals surface area contributed by atoms with Gasteiger partial charge in [0.2, 0.25) is 0 Å². The molecule has 0 bridgehead atoms. The Balaban J connectivity index is 0.00000324. The minimum atomic E-state index is -4.59. The Bertz CT molecular complexity index is 401. The van der Waals surface area contributed by atoms with E-state index in [0.29, 0.717) is 5.75 Å². The molecule has 1 atom stereocenters. The molecule has 0 aliphatic heterocycles. The average Bonchev–Trinajstić information content (AvgIpc) is 2.34. The van der Waals surface area contributed by atoms with Crippen LogP contribution >= 0.6 is 12.4 Å². The van der Waals surface area contributed by atoms with Crippen molar-refractivity contribution in [2.45, 2.75) is 12.2 Å². The van der Waals surface area contributed by atoms with Gasteiger partial charge in [0.15, 0.2) is 0 Å². The van der Waals surface area contributed by atoms with Gasteiger partial charge in [-0.15, -0.1) is 12.4 Å². The van der Waals surface area contributed by atoms with Gasteiger partial charge in [-0.25, -0.2) is 0 Å². The molecule has 0 spiro atoms. The molecule has 0 amide bonds. The van der Waals surface area contributed by atoms with Crippen LogP contribution in [0, 0.1) is 0 Å². The Morgan fingerprint density at radius 1 is 1.00 bits per heavy atom. The quantitative estimate of drug-likeness (QED) is 0.929. The molecular formula is C11H15ClF3NO3. The second-order valence-corrected chi connectivity index (χ2v) is 3.46. The highest BCUT2D eigenvalue weighted by molar-refractivity contribution is 5.85. The Hall–Kier alpha value is -1.34. The van der Waals surface area contributed by atoms with E-state index in [1.165, 1.54) is 33.5 Å². The summed E-state index contributed by atoms with van der Waals surface area (Å²) in [5.41, 5.74) is 4.93. The van der Waals surface area contributed by atoms with Gasteiger partial charge in [0.25, 0.3) is 0 Å². The molecule has 0 aliphatic carbocycles. The van der Waals surface area contributed by atoms with Gasteiger partial charge in [-0.3, -0.25) is 0 Å². The molecular weight excluding hydrogens is 287 g/mol. The van der Waals surface area contributed by atoms with E-state index in [1.807, 2.05) is 0 Å². The zero-order valence-electron chi connectivity index (χ0n) is 10.6. The van der Waals surface area contributed by atoms with E-state index in [2.05, 4.69) is 0 Å². The molecule has 4 nitrogen and oxygen atoms in total. The van der Waals surface area contributed by atoms with Crippen LogP contribution in [0.25, 0.3) is 0 Å². The van der Waals surface area contributed by atoms with Crippen LogP contribution in [0.2, 0.25) is 0 Å². The van der Waals surface area contributed by atoms with Crippen LogP contribution in [0.5, 0.6) is 17.2 Å². The SMILES string of the molecule is COc1cc(OC)c([C@@H](N)C(F)(F)F)c(OC)c1.Cl. The maximum absolute atomic E-state index is 12.7. The van der Waals surface area contributed by atoms with E-state index in [0.717, 1.165) is 0 Å².